The molecule has 0 aliphatic heterocycles. The molecule has 0 aromatic heterocycles. The van der Waals surface area contributed by atoms with Crippen LogP contribution in [0.25, 0.3) is 0 Å². The van der Waals surface area contributed by atoms with Gasteiger partial charge in [0.15, 0.2) is 0 Å². The third-order valence-corrected chi connectivity index (χ3v) is 8.31. The van der Waals surface area contributed by atoms with Gasteiger partial charge in [-0.2, -0.15) is 0 Å². The van der Waals surface area contributed by atoms with Crippen molar-refractivity contribution in [3.63, 3.8) is 0 Å². The Morgan fingerprint density at radius 3 is 1.71 bits per heavy atom. The molecular formula is C41H62N4O11. The van der Waals surface area contributed by atoms with Crippen molar-refractivity contribution in [3.05, 3.63) is 71.3 Å². The fourth-order valence-electron chi connectivity index (χ4n) is 5.31. The van der Waals surface area contributed by atoms with Gasteiger partial charge in [-0.3, -0.25) is 29.3 Å². The monoisotopic (exact) mass is 786 g/mol. The van der Waals surface area contributed by atoms with Crippen LogP contribution in [0, 0.1) is 0 Å². The highest BCUT2D eigenvalue weighted by Crippen LogP contribution is 2.11. The Kier molecular flexibility index (Phi) is 27.3. The molecule has 2 rings (SSSR count). The summed E-state index contributed by atoms with van der Waals surface area (Å²) in [7, 11) is 3.15. The summed E-state index contributed by atoms with van der Waals surface area (Å²) in [6.07, 6.45) is 5.42. The Balaban J connectivity index is 1.71. The number of rotatable bonds is 33. The van der Waals surface area contributed by atoms with E-state index in [0.29, 0.717) is 52.4 Å². The van der Waals surface area contributed by atoms with Gasteiger partial charge in [-0.1, -0.05) is 54.6 Å². The average Bonchev–Trinajstić information content (AvgIpc) is 3.19. The second-order valence-corrected chi connectivity index (χ2v) is 13.0. The molecule has 0 heterocycles. The van der Waals surface area contributed by atoms with Crippen LogP contribution in [0.4, 0.5) is 0 Å². The zero-order chi connectivity index (χ0) is 40.5. The molecule has 0 spiro atoms. The lowest BCUT2D eigenvalue weighted by Crippen LogP contribution is -2.48. The van der Waals surface area contributed by atoms with Gasteiger partial charge < -0.3 is 44.4 Å². The molecule has 15 nitrogen and oxygen atoms in total. The summed E-state index contributed by atoms with van der Waals surface area (Å²) >= 11 is 0. The zero-order valence-corrected chi connectivity index (χ0v) is 33.1. The number of imide groups is 1. The van der Waals surface area contributed by atoms with E-state index < -0.39 is 29.7 Å². The lowest BCUT2D eigenvalue weighted by Gasteiger charge is -2.19. The predicted octanol–water partition coefficient (Wildman–Crippen LogP) is 2.07. The minimum absolute atomic E-state index is 0.0356. The van der Waals surface area contributed by atoms with Crippen LogP contribution in [0.1, 0.15) is 55.2 Å². The number of carbonyl (C=O) groups excluding carboxylic acids is 5. The summed E-state index contributed by atoms with van der Waals surface area (Å²) in [5, 5.41) is 10.5. The molecule has 0 aliphatic rings. The molecule has 312 valence electrons. The first-order chi connectivity index (χ1) is 27.3. The SMILES string of the molecule is COCCOCCOCC(=O)NCCCC[C@H](NC(=O)COCCOCCOC)C(=O)NCCC(=O)NC(=O)Cc1ccc(CCCCc2ccccc2)cc1. The van der Waals surface area contributed by atoms with Gasteiger partial charge in [-0.25, -0.2) is 0 Å². The van der Waals surface area contributed by atoms with Crippen molar-refractivity contribution < 1.29 is 52.4 Å². The highest BCUT2D eigenvalue weighted by atomic mass is 16.5. The maximum absolute atomic E-state index is 13.1. The van der Waals surface area contributed by atoms with Gasteiger partial charge in [0.25, 0.3) is 0 Å². The normalized spacial score (nSPS) is 11.5. The highest BCUT2D eigenvalue weighted by molar-refractivity contribution is 5.96. The van der Waals surface area contributed by atoms with Crippen LogP contribution < -0.4 is 21.3 Å². The molecule has 15 heteroatoms. The Bertz CT molecular complexity index is 1380. The van der Waals surface area contributed by atoms with E-state index in [1.807, 2.05) is 30.3 Å². The molecule has 56 heavy (non-hydrogen) atoms. The number of methoxy groups -OCH3 is 2. The molecule has 0 fully saturated rings. The Morgan fingerprint density at radius 1 is 0.536 bits per heavy atom. The molecule has 0 unspecified atom stereocenters. The molecular weight excluding hydrogens is 724 g/mol. The van der Waals surface area contributed by atoms with E-state index in [4.69, 9.17) is 28.4 Å². The average molecular weight is 787 g/mol. The van der Waals surface area contributed by atoms with Crippen LogP contribution in [0.3, 0.4) is 0 Å². The number of hydrogen-bond acceptors (Lipinski definition) is 11. The molecule has 2 aromatic carbocycles. The highest BCUT2D eigenvalue weighted by Gasteiger charge is 2.21. The summed E-state index contributed by atoms with van der Waals surface area (Å²) in [4.78, 5) is 62.8. The standard InChI is InChI=1S/C41H62N4O11/c1-51-22-24-53-26-28-55-31-39(48)42-20-9-8-14-36(44-40(49)32-56-29-27-54-25-23-52-2)41(50)43-21-19-37(46)45-38(47)30-35-17-15-34(16-18-35)13-7-6-12-33-10-4-3-5-11-33/h3-5,10-11,15-18,36H,6-9,12-14,19-32H2,1-2H3,(H,42,48)(H,43,50)(H,44,49)(H,45,46,47)/t36-/m0/s1. The van der Waals surface area contributed by atoms with Crippen LogP contribution >= 0.6 is 0 Å². The van der Waals surface area contributed by atoms with Crippen molar-refractivity contribution in [3.8, 4) is 0 Å². The first-order valence-corrected chi connectivity index (χ1v) is 19.4. The number of benzene rings is 2. The number of hydrogen-bond donors (Lipinski definition) is 4. The largest absolute Gasteiger partial charge is 0.382 e. The van der Waals surface area contributed by atoms with E-state index in [0.717, 1.165) is 31.2 Å². The fraction of sp³-hybridized carbons (Fsp3) is 0.585. The van der Waals surface area contributed by atoms with Crippen LogP contribution in [0.15, 0.2) is 54.6 Å². The summed E-state index contributed by atoms with van der Waals surface area (Å²) in [6.45, 7) is 2.84. The number of amides is 5. The van der Waals surface area contributed by atoms with E-state index in [1.165, 1.54) is 11.1 Å². The van der Waals surface area contributed by atoms with Gasteiger partial charge >= 0.3 is 0 Å². The molecule has 4 N–H and O–H groups in total. The lowest BCUT2D eigenvalue weighted by atomic mass is 10.0. The minimum Gasteiger partial charge on any atom is -0.382 e. The maximum atomic E-state index is 13.1. The van der Waals surface area contributed by atoms with Crippen LogP contribution in [0.2, 0.25) is 0 Å². The topological polar surface area (TPSA) is 189 Å². The molecule has 5 amide bonds. The molecule has 0 radical (unpaired) electrons. The van der Waals surface area contributed by atoms with Crippen molar-refractivity contribution >= 4 is 29.5 Å². The van der Waals surface area contributed by atoms with Gasteiger partial charge in [0.05, 0.1) is 59.3 Å². The molecule has 0 saturated heterocycles. The first kappa shape index (κ1) is 47.9. The Labute approximate surface area is 331 Å². The molecule has 0 bridgehead atoms. The molecule has 0 aliphatic carbocycles. The summed E-state index contributed by atoms with van der Waals surface area (Å²) < 4.78 is 31.0. The van der Waals surface area contributed by atoms with Gasteiger partial charge in [-0.15, -0.1) is 0 Å². The zero-order valence-electron chi connectivity index (χ0n) is 33.1. The summed E-state index contributed by atoms with van der Waals surface area (Å²) in [5.41, 5.74) is 3.33. The second kappa shape index (κ2) is 31.9. The minimum atomic E-state index is -0.905. The van der Waals surface area contributed by atoms with Crippen molar-refractivity contribution in [2.24, 2.45) is 0 Å². The molecule has 2 aromatic rings. The first-order valence-electron chi connectivity index (χ1n) is 19.4. The van der Waals surface area contributed by atoms with E-state index >= 15 is 0 Å². The lowest BCUT2D eigenvalue weighted by molar-refractivity contribution is -0.132. The molecule has 0 saturated carbocycles. The summed E-state index contributed by atoms with van der Waals surface area (Å²) in [5.74, 6) is -2.20. The van der Waals surface area contributed by atoms with Crippen molar-refractivity contribution in [1.82, 2.24) is 21.3 Å². The predicted molar refractivity (Wildman–Crippen MR) is 210 cm³/mol. The third kappa shape index (κ3) is 25.0. The van der Waals surface area contributed by atoms with Gasteiger partial charge in [0.1, 0.15) is 19.3 Å². The van der Waals surface area contributed by atoms with Crippen LogP contribution in [-0.4, -0.2) is 129 Å². The smallest absolute Gasteiger partial charge is 0.246 e. The van der Waals surface area contributed by atoms with E-state index in [1.54, 1.807) is 14.2 Å². The van der Waals surface area contributed by atoms with Gasteiger partial charge in [0, 0.05) is 33.7 Å². The van der Waals surface area contributed by atoms with E-state index in [9.17, 15) is 24.0 Å². The number of aryl methyl sites for hydroxylation is 2. The number of nitrogens with one attached hydrogen (secondary N) is 4. The quantitative estimate of drug-likeness (QED) is 0.0776. The third-order valence-electron chi connectivity index (χ3n) is 8.31. The van der Waals surface area contributed by atoms with Crippen molar-refractivity contribution in [1.29, 1.82) is 0 Å². The van der Waals surface area contributed by atoms with Gasteiger partial charge in [0.2, 0.25) is 29.5 Å². The van der Waals surface area contributed by atoms with Crippen molar-refractivity contribution in [2.45, 2.75) is 63.8 Å². The van der Waals surface area contributed by atoms with E-state index in [2.05, 4.69) is 45.5 Å². The Hall–Kier alpha value is -4.25. The number of unbranched alkanes of at least 4 members (excludes halogenated alkanes) is 2. The van der Waals surface area contributed by atoms with Crippen LogP contribution in [-0.2, 0) is 71.7 Å². The second-order valence-electron chi connectivity index (χ2n) is 13.0. The molecule has 1 atom stereocenters. The number of ether oxygens (including phenoxy) is 6. The van der Waals surface area contributed by atoms with E-state index in [-0.39, 0.29) is 64.7 Å². The Morgan fingerprint density at radius 2 is 1.09 bits per heavy atom. The van der Waals surface area contributed by atoms with Gasteiger partial charge in [-0.05, 0) is 61.6 Å². The van der Waals surface area contributed by atoms with Crippen molar-refractivity contribution in [2.75, 3.05) is 93.4 Å². The summed E-state index contributed by atoms with van der Waals surface area (Å²) in [6, 6.07) is 17.3. The van der Waals surface area contributed by atoms with Crippen LogP contribution in [0.5, 0.6) is 0 Å². The maximum Gasteiger partial charge on any atom is 0.246 e. The fourth-order valence-corrected chi connectivity index (χ4v) is 5.31. The number of carbonyl (C=O) groups is 5.